The first-order valence-corrected chi connectivity index (χ1v) is 9.62. The lowest BCUT2D eigenvalue weighted by Crippen LogP contribution is -2.41. The minimum absolute atomic E-state index is 0. The predicted octanol–water partition coefficient (Wildman–Crippen LogP) is 3.97. The van der Waals surface area contributed by atoms with Crippen molar-refractivity contribution in [3.8, 4) is 5.69 Å². The molecular weight excluding hydrogens is 407 g/mol. The van der Waals surface area contributed by atoms with Crippen molar-refractivity contribution in [1.82, 2.24) is 20.0 Å². The Labute approximate surface area is 176 Å². The summed E-state index contributed by atoms with van der Waals surface area (Å²) in [5.41, 5.74) is 3.52. The van der Waals surface area contributed by atoms with Crippen molar-refractivity contribution in [2.45, 2.75) is 39.2 Å². The van der Waals surface area contributed by atoms with Gasteiger partial charge in [-0.2, -0.15) is 5.10 Å². The van der Waals surface area contributed by atoms with Crippen molar-refractivity contribution in [3.63, 3.8) is 0 Å². The molecule has 1 N–H and O–H groups in total. The summed E-state index contributed by atoms with van der Waals surface area (Å²) in [5, 5.41) is 8.91. The number of rotatable bonds is 5. The maximum Gasteiger partial charge on any atom is 0.227 e. The van der Waals surface area contributed by atoms with E-state index in [0.29, 0.717) is 16.5 Å². The van der Waals surface area contributed by atoms with Crippen LogP contribution in [0.2, 0.25) is 10.0 Å². The lowest BCUT2D eigenvalue weighted by atomic mass is 10.1. The predicted molar refractivity (Wildman–Crippen MR) is 113 cm³/mol. The molecule has 2 heterocycles. The zero-order valence-electron chi connectivity index (χ0n) is 15.8. The number of benzene rings is 1. The number of hydrogen-bond donors (Lipinski definition) is 1. The lowest BCUT2D eigenvalue weighted by molar-refractivity contribution is -0.131. The fourth-order valence-electron chi connectivity index (χ4n) is 3.68. The van der Waals surface area contributed by atoms with Gasteiger partial charge in [-0.05, 0) is 51.9 Å². The van der Waals surface area contributed by atoms with Gasteiger partial charge in [-0.15, -0.1) is 12.4 Å². The number of likely N-dealkylation sites (N-methyl/N-ethyl adjacent to an activating group) is 1. The summed E-state index contributed by atoms with van der Waals surface area (Å²) in [4.78, 5) is 14.9. The van der Waals surface area contributed by atoms with Crippen LogP contribution < -0.4 is 5.32 Å². The Balaban J connectivity index is 0.00000261. The molecule has 1 aromatic carbocycles. The number of amides is 1. The summed E-state index contributed by atoms with van der Waals surface area (Å²) >= 11 is 12.3. The number of halogens is 3. The van der Waals surface area contributed by atoms with Gasteiger partial charge in [0.25, 0.3) is 0 Å². The third-order valence-corrected chi connectivity index (χ3v) is 5.58. The van der Waals surface area contributed by atoms with Crippen molar-refractivity contribution < 1.29 is 4.79 Å². The first-order valence-electron chi connectivity index (χ1n) is 8.87. The summed E-state index contributed by atoms with van der Waals surface area (Å²) in [6.07, 6.45) is 2.49. The SMILES string of the molecule is CNCC1CCCN1C(=O)Cc1c(C)nn(-c2ccc(Cl)cc2Cl)c1C.Cl. The summed E-state index contributed by atoms with van der Waals surface area (Å²) < 4.78 is 1.80. The Morgan fingerprint density at radius 2 is 2.07 bits per heavy atom. The van der Waals surface area contributed by atoms with Crippen molar-refractivity contribution in [3.05, 3.63) is 45.2 Å². The third kappa shape index (κ3) is 4.60. The molecule has 27 heavy (non-hydrogen) atoms. The smallest absolute Gasteiger partial charge is 0.227 e. The van der Waals surface area contributed by atoms with Crippen molar-refractivity contribution >= 4 is 41.5 Å². The van der Waals surface area contributed by atoms with E-state index in [2.05, 4.69) is 10.4 Å². The fourth-order valence-corrected chi connectivity index (χ4v) is 4.17. The van der Waals surface area contributed by atoms with Crippen LogP contribution in [0.4, 0.5) is 0 Å². The van der Waals surface area contributed by atoms with E-state index in [-0.39, 0.29) is 24.4 Å². The van der Waals surface area contributed by atoms with Gasteiger partial charge in [0.05, 0.1) is 22.8 Å². The number of carbonyl (C=O) groups is 1. The van der Waals surface area contributed by atoms with E-state index in [4.69, 9.17) is 23.2 Å². The lowest BCUT2D eigenvalue weighted by Gasteiger charge is -2.24. The van der Waals surface area contributed by atoms with E-state index in [0.717, 1.165) is 48.6 Å². The minimum Gasteiger partial charge on any atom is -0.338 e. The summed E-state index contributed by atoms with van der Waals surface area (Å²) in [7, 11) is 1.93. The largest absolute Gasteiger partial charge is 0.338 e. The average molecular weight is 432 g/mol. The summed E-state index contributed by atoms with van der Waals surface area (Å²) in [6.45, 7) is 5.58. The Hall–Kier alpha value is -1.27. The molecule has 1 saturated heterocycles. The summed E-state index contributed by atoms with van der Waals surface area (Å²) in [6, 6.07) is 5.62. The average Bonchev–Trinajstić information content (AvgIpc) is 3.15. The second-order valence-electron chi connectivity index (χ2n) is 6.77. The van der Waals surface area contributed by atoms with E-state index < -0.39 is 0 Å². The molecule has 3 rings (SSSR count). The van der Waals surface area contributed by atoms with E-state index in [9.17, 15) is 4.79 Å². The molecule has 0 aliphatic carbocycles. The highest BCUT2D eigenvalue weighted by molar-refractivity contribution is 6.35. The number of nitrogens with one attached hydrogen (secondary N) is 1. The number of hydrogen-bond acceptors (Lipinski definition) is 3. The van der Waals surface area contributed by atoms with Crippen molar-refractivity contribution in [1.29, 1.82) is 0 Å². The quantitative estimate of drug-likeness (QED) is 0.779. The van der Waals surface area contributed by atoms with E-state index in [1.165, 1.54) is 0 Å². The number of aromatic nitrogens is 2. The van der Waals surface area contributed by atoms with Crippen molar-refractivity contribution in [2.24, 2.45) is 0 Å². The van der Waals surface area contributed by atoms with Crippen LogP contribution in [0.25, 0.3) is 5.69 Å². The second-order valence-corrected chi connectivity index (χ2v) is 7.62. The molecule has 148 valence electrons. The maximum absolute atomic E-state index is 12.9. The Morgan fingerprint density at radius 1 is 1.33 bits per heavy atom. The van der Waals surface area contributed by atoms with Gasteiger partial charge in [0.1, 0.15) is 0 Å². The molecule has 2 aromatic rings. The second kappa shape index (κ2) is 9.28. The van der Waals surface area contributed by atoms with Crippen LogP contribution in [-0.2, 0) is 11.2 Å². The fraction of sp³-hybridized carbons (Fsp3) is 0.474. The van der Waals surface area contributed by atoms with Crippen LogP contribution in [0.5, 0.6) is 0 Å². The van der Waals surface area contributed by atoms with E-state index in [1.54, 1.807) is 16.8 Å². The topological polar surface area (TPSA) is 50.2 Å². The zero-order chi connectivity index (χ0) is 18.8. The molecule has 8 heteroatoms. The molecule has 1 aromatic heterocycles. The van der Waals surface area contributed by atoms with Gasteiger partial charge < -0.3 is 10.2 Å². The van der Waals surface area contributed by atoms with E-state index >= 15 is 0 Å². The molecule has 1 unspecified atom stereocenters. The standard InChI is InChI=1S/C19H24Cl2N4O.ClH/c1-12-16(10-19(26)24-8-4-5-15(24)11-22-3)13(2)25(23-12)18-7-6-14(20)9-17(18)21;/h6-7,9,15,22H,4-5,8,10-11H2,1-3H3;1H. The molecule has 1 atom stereocenters. The number of aryl methyl sites for hydroxylation is 1. The Kier molecular flexibility index (Phi) is 7.57. The highest BCUT2D eigenvalue weighted by atomic mass is 35.5. The molecule has 1 fully saturated rings. The number of carbonyl (C=O) groups excluding carboxylic acids is 1. The highest BCUT2D eigenvalue weighted by Crippen LogP contribution is 2.27. The normalized spacial score (nSPS) is 16.5. The van der Waals surface area contributed by atoms with Gasteiger partial charge in [-0.25, -0.2) is 4.68 Å². The molecule has 1 aliphatic heterocycles. The molecular formula is C19H25Cl3N4O. The Morgan fingerprint density at radius 3 is 2.74 bits per heavy atom. The first-order chi connectivity index (χ1) is 12.4. The van der Waals surface area contributed by atoms with Gasteiger partial charge in [-0.1, -0.05) is 23.2 Å². The highest BCUT2D eigenvalue weighted by Gasteiger charge is 2.29. The van der Waals surface area contributed by atoms with Crippen molar-refractivity contribution in [2.75, 3.05) is 20.1 Å². The van der Waals surface area contributed by atoms with Gasteiger partial charge in [-0.3, -0.25) is 4.79 Å². The van der Waals surface area contributed by atoms with E-state index in [1.807, 2.05) is 31.9 Å². The first kappa shape index (κ1) is 22.0. The zero-order valence-corrected chi connectivity index (χ0v) is 18.1. The molecule has 0 radical (unpaired) electrons. The molecule has 0 saturated carbocycles. The maximum atomic E-state index is 12.9. The monoisotopic (exact) mass is 430 g/mol. The molecule has 5 nitrogen and oxygen atoms in total. The molecule has 0 spiro atoms. The number of nitrogens with zero attached hydrogens (tertiary/aromatic N) is 3. The molecule has 1 amide bonds. The summed E-state index contributed by atoms with van der Waals surface area (Å²) in [5.74, 6) is 0.163. The van der Waals surface area contributed by atoms with Gasteiger partial charge >= 0.3 is 0 Å². The van der Waals surface area contributed by atoms with Crippen LogP contribution in [0.1, 0.15) is 29.8 Å². The van der Waals surface area contributed by atoms with Crippen LogP contribution >= 0.6 is 35.6 Å². The van der Waals surface area contributed by atoms with Crippen LogP contribution in [0.15, 0.2) is 18.2 Å². The Bertz CT molecular complexity index is 822. The molecule has 0 bridgehead atoms. The van der Waals surface area contributed by atoms with Gasteiger partial charge in [0, 0.05) is 35.4 Å². The van der Waals surface area contributed by atoms with Crippen LogP contribution in [0.3, 0.4) is 0 Å². The van der Waals surface area contributed by atoms with Crippen LogP contribution in [0, 0.1) is 13.8 Å². The van der Waals surface area contributed by atoms with Crippen LogP contribution in [-0.4, -0.2) is 46.8 Å². The number of likely N-dealkylation sites (tertiary alicyclic amines) is 1. The van der Waals surface area contributed by atoms with Gasteiger partial charge in [0.15, 0.2) is 0 Å². The molecule has 1 aliphatic rings. The van der Waals surface area contributed by atoms with Gasteiger partial charge in [0.2, 0.25) is 5.91 Å². The minimum atomic E-state index is 0. The third-order valence-electron chi connectivity index (χ3n) is 5.04.